The van der Waals surface area contributed by atoms with Crippen molar-refractivity contribution in [2.45, 2.75) is 43.9 Å². The molecule has 15 heavy (non-hydrogen) atoms. The molecule has 0 aromatic carbocycles. The summed E-state index contributed by atoms with van der Waals surface area (Å²) in [5.74, 6) is 0. The standard InChI is InChI=1S/C12H16Br2S/c1-12(7-3-2-4-8-12)11(14)9-5-6-10(13)15-9/h5-6,11H,2-4,7-8H2,1H3. The Morgan fingerprint density at radius 1 is 1.27 bits per heavy atom. The van der Waals surface area contributed by atoms with Crippen molar-refractivity contribution in [2.24, 2.45) is 5.41 Å². The lowest BCUT2D eigenvalue weighted by atomic mass is 9.73. The van der Waals surface area contributed by atoms with Crippen LogP contribution in [0.5, 0.6) is 0 Å². The molecule has 1 unspecified atom stereocenters. The van der Waals surface area contributed by atoms with Crippen LogP contribution in [0, 0.1) is 5.41 Å². The quantitative estimate of drug-likeness (QED) is 0.580. The van der Waals surface area contributed by atoms with Gasteiger partial charge in [0.1, 0.15) is 0 Å². The lowest BCUT2D eigenvalue weighted by Gasteiger charge is -2.37. The van der Waals surface area contributed by atoms with E-state index in [-0.39, 0.29) is 0 Å². The van der Waals surface area contributed by atoms with Gasteiger partial charge in [-0.05, 0) is 46.3 Å². The number of alkyl halides is 1. The molecular formula is C12H16Br2S. The Labute approximate surface area is 113 Å². The Balaban J connectivity index is 2.15. The maximum atomic E-state index is 3.91. The first-order valence-electron chi connectivity index (χ1n) is 5.51. The monoisotopic (exact) mass is 350 g/mol. The van der Waals surface area contributed by atoms with Crippen LogP contribution in [0.1, 0.15) is 48.7 Å². The minimum Gasteiger partial charge on any atom is -0.132 e. The molecule has 0 amide bonds. The van der Waals surface area contributed by atoms with Crippen LogP contribution in [0.3, 0.4) is 0 Å². The van der Waals surface area contributed by atoms with Crippen molar-refractivity contribution in [1.29, 1.82) is 0 Å². The average Bonchev–Trinajstić information content (AvgIpc) is 2.65. The summed E-state index contributed by atoms with van der Waals surface area (Å²) < 4.78 is 1.24. The van der Waals surface area contributed by atoms with E-state index in [1.54, 1.807) is 0 Å². The van der Waals surface area contributed by atoms with Gasteiger partial charge in [-0.15, -0.1) is 11.3 Å². The van der Waals surface area contributed by atoms with Crippen LogP contribution < -0.4 is 0 Å². The molecule has 3 heteroatoms. The molecule has 0 saturated heterocycles. The highest BCUT2D eigenvalue weighted by Crippen LogP contribution is 2.51. The van der Waals surface area contributed by atoms with Gasteiger partial charge in [-0.2, -0.15) is 0 Å². The lowest BCUT2D eigenvalue weighted by Crippen LogP contribution is -2.24. The normalized spacial score (nSPS) is 22.6. The Bertz CT molecular complexity index is 326. The SMILES string of the molecule is CC1(C(Br)c2ccc(Br)s2)CCCCC1. The predicted molar refractivity (Wildman–Crippen MR) is 74.9 cm³/mol. The van der Waals surface area contributed by atoms with Crippen LogP contribution >= 0.6 is 43.2 Å². The first kappa shape index (κ1) is 12.1. The topological polar surface area (TPSA) is 0 Å². The molecule has 0 spiro atoms. The molecule has 1 saturated carbocycles. The van der Waals surface area contributed by atoms with Crippen molar-refractivity contribution >= 4 is 43.2 Å². The minimum absolute atomic E-state index is 0.461. The molecule has 1 heterocycles. The Morgan fingerprint density at radius 3 is 2.47 bits per heavy atom. The van der Waals surface area contributed by atoms with Gasteiger partial charge in [0.2, 0.25) is 0 Å². The molecule has 0 N–H and O–H groups in total. The van der Waals surface area contributed by atoms with Gasteiger partial charge in [-0.25, -0.2) is 0 Å². The van der Waals surface area contributed by atoms with Gasteiger partial charge >= 0.3 is 0 Å². The second-order valence-corrected chi connectivity index (χ2v) is 8.13. The number of thiophene rings is 1. The summed E-state index contributed by atoms with van der Waals surface area (Å²) in [5.41, 5.74) is 0.461. The molecule has 1 aromatic rings. The zero-order valence-corrected chi connectivity index (χ0v) is 12.9. The average molecular weight is 352 g/mol. The van der Waals surface area contributed by atoms with E-state index in [1.807, 2.05) is 11.3 Å². The third-order valence-corrected chi connectivity index (χ3v) is 7.04. The van der Waals surface area contributed by atoms with Crippen LogP contribution in [-0.4, -0.2) is 0 Å². The van der Waals surface area contributed by atoms with Crippen molar-refractivity contribution in [3.05, 3.63) is 20.8 Å². The van der Waals surface area contributed by atoms with Gasteiger partial charge in [-0.3, -0.25) is 0 Å². The van der Waals surface area contributed by atoms with E-state index in [0.717, 1.165) is 0 Å². The number of hydrogen-bond acceptors (Lipinski definition) is 1. The zero-order chi connectivity index (χ0) is 10.9. The predicted octanol–water partition coefficient (Wildman–Crippen LogP) is 5.92. The van der Waals surface area contributed by atoms with Gasteiger partial charge < -0.3 is 0 Å². The maximum absolute atomic E-state index is 3.91. The summed E-state index contributed by atoms with van der Waals surface area (Å²) in [5, 5.41) is 0. The fraction of sp³-hybridized carbons (Fsp3) is 0.667. The molecule has 0 nitrogen and oxygen atoms in total. The lowest BCUT2D eigenvalue weighted by molar-refractivity contribution is 0.214. The third kappa shape index (κ3) is 2.67. The maximum Gasteiger partial charge on any atom is 0.0701 e. The number of rotatable bonds is 2. The van der Waals surface area contributed by atoms with Crippen LogP contribution in [0.2, 0.25) is 0 Å². The fourth-order valence-corrected chi connectivity index (χ4v) is 4.89. The first-order valence-corrected chi connectivity index (χ1v) is 8.04. The smallest absolute Gasteiger partial charge is 0.0701 e. The van der Waals surface area contributed by atoms with Crippen molar-refractivity contribution in [1.82, 2.24) is 0 Å². The van der Waals surface area contributed by atoms with E-state index in [1.165, 1.54) is 40.8 Å². The Kier molecular flexibility index (Phi) is 3.95. The second kappa shape index (κ2) is 4.89. The zero-order valence-electron chi connectivity index (χ0n) is 8.93. The van der Waals surface area contributed by atoms with Crippen LogP contribution in [0.4, 0.5) is 0 Å². The molecule has 84 valence electrons. The summed E-state index contributed by atoms with van der Waals surface area (Å²) in [7, 11) is 0. The number of halogens is 2. The highest BCUT2D eigenvalue weighted by Gasteiger charge is 2.35. The Morgan fingerprint density at radius 2 is 1.93 bits per heavy atom. The molecule has 1 aliphatic carbocycles. The van der Waals surface area contributed by atoms with Crippen LogP contribution in [-0.2, 0) is 0 Å². The van der Waals surface area contributed by atoms with Gasteiger partial charge in [0.05, 0.1) is 8.61 Å². The van der Waals surface area contributed by atoms with E-state index < -0.39 is 0 Å². The Hall–Kier alpha value is 0.660. The summed E-state index contributed by atoms with van der Waals surface area (Å²) in [4.78, 5) is 1.99. The molecule has 2 rings (SSSR count). The molecule has 1 aromatic heterocycles. The first-order chi connectivity index (χ1) is 7.12. The van der Waals surface area contributed by atoms with Crippen molar-refractivity contribution in [3.63, 3.8) is 0 Å². The van der Waals surface area contributed by atoms with Crippen LogP contribution in [0.15, 0.2) is 15.9 Å². The fourth-order valence-electron chi connectivity index (χ4n) is 2.42. The minimum atomic E-state index is 0.461. The number of hydrogen-bond donors (Lipinski definition) is 0. The summed E-state index contributed by atoms with van der Waals surface area (Å²) in [6.07, 6.45) is 6.93. The summed E-state index contributed by atoms with van der Waals surface area (Å²) in [6.45, 7) is 2.43. The van der Waals surface area contributed by atoms with Gasteiger partial charge in [0.15, 0.2) is 0 Å². The van der Waals surface area contributed by atoms with Crippen molar-refractivity contribution in [3.8, 4) is 0 Å². The van der Waals surface area contributed by atoms with E-state index in [9.17, 15) is 0 Å². The van der Waals surface area contributed by atoms with E-state index in [2.05, 4.69) is 50.9 Å². The highest BCUT2D eigenvalue weighted by molar-refractivity contribution is 9.11. The summed E-state index contributed by atoms with van der Waals surface area (Å²) in [6, 6.07) is 4.40. The molecule has 0 bridgehead atoms. The van der Waals surface area contributed by atoms with E-state index in [0.29, 0.717) is 10.2 Å². The second-order valence-electron chi connectivity index (χ2n) is 4.72. The van der Waals surface area contributed by atoms with Gasteiger partial charge in [-0.1, -0.05) is 42.1 Å². The van der Waals surface area contributed by atoms with Crippen molar-refractivity contribution < 1.29 is 0 Å². The van der Waals surface area contributed by atoms with E-state index >= 15 is 0 Å². The molecule has 1 atom stereocenters. The largest absolute Gasteiger partial charge is 0.132 e. The van der Waals surface area contributed by atoms with Crippen molar-refractivity contribution in [2.75, 3.05) is 0 Å². The molecule has 0 radical (unpaired) electrons. The van der Waals surface area contributed by atoms with Gasteiger partial charge in [0, 0.05) is 4.88 Å². The molecule has 1 fully saturated rings. The van der Waals surface area contributed by atoms with E-state index in [4.69, 9.17) is 0 Å². The molecular weight excluding hydrogens is 336 g/mol. The summed E-state index contributed by atoms with van der Waals surface area (Å²) >= 11 is 9.30. The van der Waals surface area contributed by atoms with Gasteiger partial charge in [0.25, 0.3) is 0 Å². The van der Waals surface area contributed by atoms with Crippen LogP contribution in [0.25, 0.3) is 0 Å². The third-order valence-electron chi connectivity index (χ3n) is 3.45. The molecule has 1 aliphatic rings. The molecule has 0 aliphatic heterocycles. The highest BCUT2D eigenvalue weighted by atomic mass is 79.9.